The summed E-state index contributed by atoms with van der Waals surface area (Å²) in [6, 6.07) is 23.4. The van der Waals surface area contributed by atoms with E-state index in [-0.39, 0.29) is 30.0 Å². The second kappa shape index (κ2) is 11.7. The lowest BCUT2D eigenvalue weighted by Crippen LogP contribution is -2.32. The molecule has 238 valence electrons. The van der Waals surface area contributed by atoms with Crippen molar-refractivity contribution in [2.75, 3.05) is 18.3 Å². The first-order valence-corrected chi connectivity index (χ1v) is 17.0. The Morgan fingerprint density at radius 1 is 0.872 bits per heavy atom. The van der Waals surface area contributed by atoms with Crippen molar-refractivity contribution in [3.63, 3.8) is 0 Å². The van der Waals surface area contributed by atoms with Crippen LogP contribution in [-0.2, 0) is 10.0 Å². The zero-order valence-electron chi connectivity index (χ0n) is 24.9. The van der Waals surface area contributed by atoms with E-state index in [0.29, 0.717) is 33.7 Å². The standard InChI is InChI=1S/C35H28ClN3O7S/c36-25-9-11-26(12-10-25)38-47(41,42)27-5-1-4-24(17-27)35(40)39-34(23-8-14-30-32(18-23)46-20-44-30)28-6-2-3-22(33(28)37-39)15-21-7-13-29-31(16-21)45-19-43-29/h1,4-5,7-18,28,34,38H,2-3,6,19-20H2/b22-15+/t28-,34-/m0/s1. The van der Waals surface area contributed by atoms with Crippen LogP contribution in [0.3, 0.4) is 0 Å². The van der Waals surface area contributed by atoms with Gasteiger partial charge in [0, 0.05) is 22.2 Å². The van der Waals surface area contributed by atoms with Crippen molar-refractivity contribution in [3.05, 3.63) is 112 Å². The second-order valence-electron chi connectivity index (χ2n) is 11.6. The predicted octanol–water partition coefficient (Wildman–Crippen LogP) is 7.04. The van der Waals surface area contributed by atoms with Gasteiger partial charge in [-0.25, -0.2) is 13.4 Å². The molecule has 10 nitrogen and oxygen atoms in total. The highest BCUT2D eigenvalue weighted by atomic mass is 35.5. The van der Waals surface area contributed by atoms with E-state index in [9.17, 15) is 13.2 Å². The molecule has 4 aliphatic rings. The number of allylic oxidation sites excluding steroid dienone is 1. The summed E-state index contributed by atoms with van der Waals surface area (Å²) in [5.74, 6) is 2.14. The molecule has 0 bridgehead atoms. The van der Waals surface area contributed by atoms with Gasteiger partial charge in [0.2, 0.25) is 13.6 Å². The molecule has 0 spiro atoms. The van der Waals surface area contributed by atoms with Crippen molar-refractivity contribution in [1.29, 1.82) is 0 Å². The highest BCUT2D eigenvalue weighted by molar-refractivity contribution is 7.92. The van der Waals surface area contributed by atoms with Gasteiger partial charge in [-0.1, -0.05) is 29.8 Å². The quantitative estimate of drug-likeness (QED) is 0.234. The molecule has 1 N–H and O–H groups in total. The summed E-state index contributed by atoms with van der Waals surface area (Å²) in [4.78, 5) is 14.3. The van der Waals surface area contributed by atoms with Crippen molar-refractivity contribution in [2.45, 2.75) is 30.2 Å². The first-order valence-electron chi connectivity index (χ1n) is 15.1. The lowest BCUT2D eigenvalue weighted by atomic mass is 9.77. The molecular weight excluding hydrogens is 642 g/mol. The van der Waals surface area contributed by atoms with Crippen LogP contribution in [0.2, 0.25) is 5.02 Å². The number of hydrogen-bond donors (Lipinski definition) is 1. The Morgan fingerprint density at radius 2 is 1.60 bits per heavy atom. The van der Waals surface area contributed by atoms with E-state index in [2.05, 4.69) is 10.8 Å². The van der Waals surface area contributed by atoms with Gasteiger partial charge in [-0.05, 0) is 109 Å². The summed E-state index contributed by atoms with van der Waals surface area (Å²) in [7, 11) is -4.01. The number of carbonyl (C=O) groups excluding carboxylic acids is 1. The monoisotopic (exact) mass is 669 g/mol. The molecular formula is C35H28ClN3O7S. The highest BCUT2D eigenvalue weighted by Crippen LogP contribution is 2.47. The lowest BCUT2D eigenvalue weighted by Gasteiger charge is -2.30. The molecule has 1 amide bonds. The smallest absolute Gasteiger partial charge is 0.274 e. The molecule has 47 heavy (non-hydrogen) atoms. The predicted molar refractivity (Wildman–Crippen MR) is 175 cm³/mol. The van der Waals surface area contributed by atoms with Crippen LogP contribution in [0, 0.1) is 5.92 Å². The lowest BCUT2D eigenvalue weighted by molar-refractivity contribution is 0.0680. The van der Waals surface area contributed by atoms with E-state index in [1.165, 1.54) is 17.1 Å². The topological polar surface area (TPSA) is 116 Å². The molecule has 0 unspecified atom stereocenters. The summed E-state index contributed by atoms with van der Waals surface area (Å²) in [5.41, 5.74) is 4.21. The number of fused-ring (bicyclic) bond motifs is 3. The van der Waals surface area contributed by atoms with Gasteiger partial charge in [-0.2, -0.15) is 5.10 Å². The third kappa shape index (κ3) is 5.55. The Bertz CT molecular complexity index is 2080. The van der Waals surface area contributed by atoms with Crippen LogP contribution in [0.25, 0.3) is 6.08 Å². The number of halogens is 1. The molecule has 2 atom stereocenters. The number of anilines is 1. The van der Waals surface area contributed by atoms with Crippen LogP contribution < -0.4 is 23.7 Å². The van der Waals surface area contributed by atoms with E-state index < -0.39 is 22.0 Å². The largest absolute Gasteiger partial charge is 0.454 e. The Balaban J connectivity index is 1.16. The number of ether oxygens (including phenoxy) is 4. The molecule has 3 heterocycles. The SMILES string of the molecule is O=C(c1cccc(S(=O)(=O)Nc2ccc(Cl)cc2)c1)N1N=C2/C(=C/c3ccc4c(c3)OCO4)CCC[C@@H]2[C@@H]1c1ccc2c(c1)OCO2. The first kappa shape index (κ1) is 29.4. The van der Waals surface area contributed by atoms with E-state index in [1.807, 2.05) is 36.4 Å². The maximum atomic E-state index is 14.4. The highest BCUT2D eigenvalue weighted by Gasteiger charge is 2.44. The number of hydrazone groups is 1. The van der Waals surface area contributed by atoms with Gasteiger partial charge in [0.15, 0.2) is 23.0 Å². The molecule has 0 aromatic heterocycles. The molecule has 0 radical (unpaired) electrons. The van der Waals surface area contributed by atoms with Crippen molar-refractivity contribution in [2.24, 2.45) is 11.0 Å². The van der Waals surface area contributed by atoms with Crippen LogP contribution in [0.4, 0.5) is 5.69 Å². The zero-order valence-corrected chi connectivity index (χ0v) is 26.5. The summed E-state index contributed by atoms with van der Waals surface area (Å²) >= 11 is 5.96. The minimum Gasteiger partial charge on any atom is -0.454 e. The molecule has 1 aliphatic carbocycles. The number of hydrogen-bond acceptors (Lipinski definition) is 8. The molecule has 12 heteroatoms. The minimum absolute atomic E-state index is 0.0504. The average molecular weight is 670 g/mol. The van der Waals surface area contributed by atoms with Crippen LogP contribution in [0.15, 0.2) is 100 Å². The Morgan fingerprint density at radius 3 is 2.38 bits per heavy atom. The van der Waals surface area contributed by atoms with E-state index in [4.69, 9.17) is 35.6 Å². The fourth-order valence-electron chi connectivity index (χ4n) is 6.46. The number of carbonyl (C=O) groups is 1. The summed E-state index contributed by atoms with van der Waals surface area (Å²) in [6.07, 6.45) is 4.61. The van der Waals surface area contributed by atoms with E-state index >= 15 is 0 Å². The van der Waals surface area contributed by atoms with Gasteiger partial charge in [0.25, 0.3) is 15.9 Å². The van der Waals surface area contributed by atoms with Crippen molar-refractivity contribution in [3.8, 4) is 23.0 Å². The summed E-state index contributed by atoms with van der Waals surface area (Å²) < 4.78 is 51.5. The van der Waals surface area contributed by atoms with Gasteiger partial charge in [-0.15, -0.1) is 0 Å². The van der Waals surface area contributed by atoms with Crippen LogP contribution in [-0.4, -0.2) is 38.6 Å². The number of sulfonamides is 1. The van der Waals surface area contributed by atoms with Gasteiger partial charge in [0.05, 0.1) is 16.6 Å². The van der Waals surface area contributed by atoms with Gasteiger partial charge >= 0.3 is 0 Å². The number of nitrogens with zero attached hydrogens (tertiary/aromatic N) is 2. The van der Waals surface area contributed by atoms with E-state index in [1.54, 1.807) is 36.4 Å². The van der Waals surface area contributed by atoms with Gasteiger partial charge < -0.3 is 18.9 Å². The Labute approximate surface area is 276 Å². The average Bonchev–Trinajstić information content (AvgIpc) is 3.84. The van der Waals surface area contributed by atoms with Gasteiger partial charge in [-0.3, -0.25) is 9.52 Å². The van der Waals surface area contributed by atoms with Crippen molar-refractivity contribution >= 4 is 45.0 Å². The van der Waals surface area contributed by atoms with Crippen molar-refractivity contribution in [1.82, 2.24) is 5.01 Å². The summed E-state index contributed by atoms with van der Waals surface area (Å²) in [5, 5.41) is 6.96. The maximum absolute atomic E-state index is 14.4. The van der Waals surface area contributed by atoms with Crippen molar-refractivity contribution < 1.29 is 32.2 Å². The maximum Gasteiger partial charge on any atom is 0.274 e. The van der Waals surface area contributed by atoms with Crippen LogP contribution in [0.5, 0.6) is 23.0 Å². The van der Waals surface area contributed by atoms with Gasteiger partial charge in [0.1, 0.15) is 0 Å². The zero-order chi connectivity index (χ0) is 32.1. The molecule has 1 saturated carbocycles. The molecule has 1 fully saturated rings. The van der Waals surface area contributed by atoms with Crippen LogP contribution >= 0.6 is 11.6 Å². The molecule has 8 rings (SSSR count). The molecule has 0 saturated heterocycles. The van der Waals surface area contributed by atoms with Crippen LogP contribution in [0.1, 0.15) is 46.8 Å². The number of nitrogens with one attached hydrogen (secondary N) is 1. The molecule has 4 aromatic rings. The fourth-order valence-corrected chi connectivity index (χ4v) is 7.69. The number of benzene rings is 4. The normalized spacial score (nSPS) is 20.2. The second-order valence-corrected chi connectivity index (χ2v) is 13.7. The third-order valence-electron chi connectivity index (χ3n) is 8.67. The first-order chi connectivity index (χ1) is 22.8. The number of amides is 1. The Hall–Kier alpha value is -5.00. The third-order valence-corrected chi connectivity index (χ3v) is 10.3. The molecule has 4 aromatic carbocycles. The number of rotatable bonds is 6. The molecule has 3 aliphatic heterocycles. The van der Waals surface area contributed by atoms with E-state index in [0.717, 1.165) is 41.7 Å². The fraction of sp³-hybridized carbons (Fsp3) is 0.200. The Kier molecular flexibility index (Phi) is 7.30. The summed E-state index contributed by atoms with van der Waals surface area (Å²) in [6.45, 7) is 0.323. The minimum atomic E-state index is -4.01.